The highest BCUT2D eigenvalue weighted by Gasteiger charge is 2.22. The van der Waals surface area contributed by atoms with Crippen molar-refractivity contribution in [2.45, 2.75) is 24.2 Å². The third kappa shape index (κ3) is 5.06. The summed E-state index contributed by atoms with van der Waals surface area (Å²) in [6, 6.07) is 6.86. The molecular weight excluding hydrogens is 352 g/mol. The lowest BCUT2D eigenvalue weighted by Crippen LogP contribution is -2.38. The summed E-state index contributed by atoms with van der Waals surface area (Å²) < 4.78 is 25.6. The van der Waals surface area contributed by atoms with Crippen LogP contribution >= 0.6 is 15.9 Å². The van der Waals surface area contributed by atoms with E-state index in [1.165, 1.54) is 6.42 Å². The van der Waals surface area contributed by atoms with E-state index < -0.39 is 9.84 Å². The topological polar surface area (TPSA) is 63.4 Å². The number of likely N-dealkylation sites (tertiary alicyclic amines) is 1. The van der Waals surface area contributed by atoms with Crippen LogP contribution in [0.15, 0.2) is 33.6 Å². The van der Waals surface area contributed by atoms with Gasteiger partial charge in [-0.2, -0.15) is 0 Å². The summed E-state index contributed by atoms with van der Waals surface area (Å²) in [5.74, 6) is 0.809. The van der Waals surface area contributed by atoms with Crippen LogP contribution in [0.1, 0.15) is 19.3 Å². The van der Waals surface area contributed by atoms with Crippen molar-refractivity contribution in [1.82, 2.24) is 4.90 Å². The van der Waals surface area contributed by atoms with Crippen molar-refractivity contribution in [2.24, 2.45) is 11.7 Å². The molecule has 1 heterocycles. The minimum Gasteiger partial charge on any atom is -0.330 e. The number of sulfone groups is 1. The Morgan fingerprint density at radius 1 is 1.29 bits per heavy atom. The largest absolute Gasteiger partial charge is 0.330 e. The Kier molecular flexibility index (Phi) is 6.22. The Morgan fingerprint density at radius 2 is 2.00 bits per heavy atom. The van der Waals surface area contributed by atoms with Crippen molar-refractivity contribution in [3.8, 4) is 0 Å². The van der Waals surface area contributed by atoms with Crippen LogP contribution in [0.3, 0.4) is 0 Å². The maximum Gasteiger partial charge on any atom is 0.179 e. The molecular formula is C15H23BrN2O2S. The van der Waals surface area contributed by atoms with Crippen LogP contribution in [0.5, 0.6) is 0 Å². The third-order valence-corrected chi connectivity index (χ3v) is 6.27. The molecule has 1 aromatic carbocycles. The molecule has 2 N–H and O–H groups in total. The molecule has 4 nitrogen and oxygen atoms in total. The molecule has 21 heavy (non-hydrogen) atoms. The summed E-state index contributed by atoms with van der Waals surface area (Å²) in [7, 11) is -3.19. The summed E-state index contributed by atoms with van der Waals surface area (Å²) in [6.45, 7) is 3.30. The highest BCUT2D eigenvalue weighted by atomic mass is 79.9. The Morgan fingerprint density at radius 3 is 2.67 bits per heavy atom. The van der Waals surface area contributed by atoms with E-state index in [9.17, 15) is 8.42 Å². The molecule has 0 aliphatic carbocycles. The SMILES string of the molecule is NCCC1CCCN(CCS(=O)(=O)c2ccc(Br)cc2)C1. The summed E-state index contributed by atoms with van der Waals surface area (Å²) >= 11 is 3.32. The first-order valence-corrected chi connectivity index (χ1v) is 9.86. The number of hydrogen-bond donors (Lipinski definition) is 1. The maximum atomic E-state index is 12.3. The lowest BCUT2D eigenvalue weighted by atomic mass is 9.95. The van der Waals surface area contributed by atoms with Crippen LogP contribution < -0.4 is 5.73 Å². The van der Waals surface area contributed by atoms with Gasteiger partial charge in [0.05, 0.1) is 10.6 Å². The minimum atomic E-state index is -3.19. The average molecular weight is 375 g/mol. The van der Waals surface area contributed by atoms with Crippen molar-refractivity contribution < 1.29 is 8.42 Å². The number of halogens is 1. The molecule has 0 aromatic heterocycles. The van der Waals surface area contributed by atoms with E-state index in [-0.39, 0.29) is 5.75 Å². The number of rotatable bonds is 6. The molecule has 0 amide bonds. The van der Waals surface area contributed by atoms with Crippen molar-refractivity contribution in [1.29, 1.82) is 0 Å². The zero-order valence-corrected chi connectivity index (χ0v) is 14.6. The van der Waals surface area contributed by atoms with Gasteiger partial charge in [-0.25, -0.2) is 8.42 Å². The monoisotopic (exact) mass is 374 g/mol. The molecule has 6 heteroatoms. The first kappa shape index (κ1) is 16.9. The van der Waals surface area contributed by atoms with Gasteiger partial charge in [-0.15, -0.1) is 0 Å². The quantitative estimate of drug-likeness (QED) is 0.829. The first-order chi connectivity index (χ1) is 10.0. The van der Waals surface area contributed by atoms with Crippen molar-refractivity contribution >= 4 is 25.8 Å². The fourth-order valence-electron chi connectivity index (χ4n) is 2.83. The first-order valence-electron chi connectivity index (χ1n) is 7.42. The van der Waals surface area contributed by atoms with E-state index in [0.717, 1.165) is 36.9 Å². The van der Waals surface area contributed by atoms with Crippen LogP contribution in [-0.2, 0) is 9.84 Å². The van der Waals surface area contributed by atoms with E-state index in [2.05, 4.69) is 20.8 Å². The number of nitrogens with two attached hydrogens (primary N) is 1. The Labute approximate surface area is 135 Å². The number of hydrogen-bond acceptors (Lipinski definition) is 4. The predicted molar refractivity (Wildman–Crippen MR) is 89.0 cm³/mol. The fraction of sp³-hybridized carbons (Fsp3) is 0.600. The van der Waals surface area contributed by atoms with E-state index in [1.54, 1.807) is 24.3 Å². The summed E-state index contributed by atoms with van der Waals surface area (Å²) in [4.78, 5) is 2.67. The van der Waals surface area contributed by atoms with Crippen LogP contribution in [0.4, 0.5) is 0 Å². The number of piperidine rings is 1. The minimum absolute atomic E-state index is 0.185. The molecule has 1 aromatic rings. The highest BCUT2D eigenvalue weighted by Crippen LogP contribution is 2.20. The Bertz CT molecular complexity index is 543. The van der Waals surface area contributed by atoms with Gasteiger partial charge in [0.1, 0.15) is 0 Å². The van der Waals surface area contributed by atoms with Crippen molar-refractivity contribution in [3.05, 3.63) is 28.7 Å². The second-order valence-corrected chi connectivity index (χ2v) is 8.68. The van der Waals surface area contributed by atoms with Crippen LogP contribution in [0, 0.1) is 5.92 Å². The Balaban J connectivity index is 1.91. The molecule has 1 saturated heterocycles. The predicted octanol–water partition coefficient (Wildman–Crippen LogP) is 2.28. The van der Waals surface area contributed by atoms with Gasteiger partial charge in [0, 0.05) is 17.6 Å². The molecule has 1 fully saturated rings. The van der Waals surface area contributed by atoms with E-state index in [4.69, 9.17) is 5.73 Å². The van der Waals surface area contributed by atoms with E-state index >= 15 is 0 Å². The molecule has 0 bridgehead atoms. The summed E-state index contributed by atoms with van der Waals surface area (Å²) in [5, 5.41) is 0. The molecule has 0 spiro atoms. The molecule has 1 atom stereocenters. The average Bonchev–Trinajstić information content (AvgIpc) is 2.47. The molecule has 1 aliphatic rings. The second kappa shape index (κ2) is 7.72. The maximum absolute atomic E-state index is 12.3. The van der Waals surface area contributed by atoms with E-state index in [1.807, 2.05) is 0 Å². The number of nitrogens with zero attached hydrogens (tertiary/aromatic N) is 1. The Hall–Kier alpha value is -0.430. The molecule has 2 rings (SSSR count). The van der Waals surface area contributed by atoms with Gasteiger partial charge in [-0.1, -0.05) is 15.9 Å². The number of benzene rings is 1. The van der Waals surface area contributed by atoms with Crippen molar-refractivity contribution in [3.63, 3.8) is 0 Å². The normalized spacial score (nSPS) is 20.6. The highest BCUT2D eigenvalue weighted by molar-refractivity contribution is 9.10. The lowest BCUT2D eigenvalue weighted by Gasteiger charge is -2.32. The smallest absolute Gasteiger partial charge is 0.179 e. The van der Waals surface area contributed by atoms with Gasteiger partial charge in [-0.3, -0.25) is 0 Å². The van der Waals surface area contributed by atoms with E-state index in [0.29, 0.717) is 17.4 Å². The second-order valence-electron chi connectivity index (χ2n) is 5.66. The molecule has 0 saturated carbocycles. The van der Waals surface area contributed by atoms with Crippen molar-refractivity contribution in [2.75, 3.05) is 31.9 Å². The van der Waals surface area contributed by atoms with Gasteiger partial charge in [0.2, 0.25) is 0 Å². The molecule has 118 valence electrons. The summed E-state index contributed by atoms with van der Waals surface area (Å²) in [5.41, 5.74) is 5.62. The molecule has 0 radical (unpaired) electrons. The van der Waals surface area contributed by atoms with Gasteiger partial charge < -0.3 is 10.6 Å². The van der Waals surface area contributed by atoms with Gasteiger partial charge in [0.25, 0.3) is 0 Å². The molecule has 1 unspecified atom stereocenters. The van der Waals surface area contributed by atoms with Gasteiger partial charge in [0.15, 0.2) is 9.84 Å². The fourth-order valence-corrected chi connectivity index (χ4v) is 4.38. The van der Waals surface area contributed by atoms with Gasteiger partial charge >= 0.3 is 0 Å². The standard InChI is InChI=1S/C15H23BrN2O2S/c16-14-3-5-15(6-4-14)21(19,20)11-10-18-9-1-2-13(12-18)7-8-17/h3-6,13H,1-2,7-12,17H2. The third-order valence-electron chi connectivity index (χ3n) is 4.03. The summed E-state index contributed by atoms with van der Waals surface area (Å²) in [6.07, 6.45) is 3.39. The van der Waals surface area contributed by atoms with Crippen LogP contribution in [-0.4, -0.2) is 45.2 Å². The zero-order valence-electron chi connectivity index (χ0n) is 12.2. The lowest BCUT2D eigenvalue weighted by molar-refractivity contribution is 0.178. The van der Waals surface area contributed by atoms with Crippen LogP contribution in [0.25, 0.3) is 0 Å². The molecule has 1 aliphatic heterocycles. The van der Waals surface area contributed by atoms with Crippen LogP contribution in [0.2, 0.25) is 0 Å². The zero-order chi connectivity index (χ0) is 15.3. The van der Waals surface area contributed by atoms with Gasteiger partial charge in [-0.05, 0) is 62.5 Å².